The number of hydrogen-bond donors (Lipinski definition) is 3. The van der Waals surface area contributed by atoms with Gasteiger partial charge >= 0.3 is 0 Å². The van der Waals surface area contributed by atoms with E-state index in [-0.39, 0.29) is 30.3 Å². The van der Waals surface area contributed by atoms with Gasteiger partial charge < -0.3 is 20.5 Å². The highest BCUT2D eigenvalue weighted by molar-refractivity contribution is 5.85. The Hall–Kier alpha value is -2.19. The molecule has 9 heteroatoms. The zero-order valence-electron chi connectivity index (χ0n) is 12.6. The number of halogens is 3. The fraction of sp³-hybridized carbons (Fsp3) is 0.333. The molecule has 0 radical (unpaired) electrons. The lowest BCUT2D eigenvalue weighted by atomic mass is 10.2. The number of hydrogen-bond acceptors (Lipinski definition) is 6. The number of anilines is 3. The van der Waals surface area contributed by atoms with Crippen molar-refractivity contribution in [1.82, 2.24) is 9.97 Å². The van der Waals surface area contributed by atoms with E-state index in [1.807, 2.05) is 0 Å². The van der Waals surface area contributed by atoms with Crippen molar-refractivity contribution in [1.29, 1.82) is 0 Å². The molecule has 24 heavy (non-hydrogen) atoms. The predicted molar refractivity (Wildman–Crippen MR) is 88.0 cm³/mol. The molecule has 3 N–H and O–H groups in total. The monoisotopic (exact) mass is 358 g/mol. The van der Waals surface area contributed by atoms with Gasteiger partial charge in [-0.25, -0.2) is 13.8 Å². The number of ether oxygens (including phenoxy) is 1. The second-order valence-electron chi connectivity index (χ2n) is 5.20. The molecule has 2 aromatic rings. The summed E-state index contributed by atoms with van der Waals surface area (Å²) in [5, 5.41) is 14.8. The van der Waals surface area contributed by atoms with E-state index in [9.17, 15) is 8.78 Å². The first-order chi connectivity index (χ1) is 11.1. The van der Waals surface area contributed by atoms with Gasteiger partial charge in [0.15, 0.2) is 23.2 Å². The average Bonchev–Trinajstić information content (AvgIpc) is 3.05. The third-order valence-electron chi connectivity index (χ3n) is 3.47. The standard InChI is InChI=1S/C15H16F2N4O2.ClH/c16-11-6-9(3-4-13(11)22)20-15-19-8-12(17)14(21-15)18-7-10-2-1-5-23-10;/h3-4,6,8,10,22H,1-2,5,7H2,(H2,18,19,20,21);1H. The fourth-order valence-electron chi connectivity index (χ4n) is 2.28. The Labute approximate surface area is 143 Å². The molecule has 2 heterocycles. The molecule has 130 valence electrons. The van der Waals surface area contributed by atoms with Gasteiger partial charge in [0, 0.05) is 24.9 Å². The zero-order chi connectivity index (χ0) is 16.2. The van der Waals surface area contributed by atoms with Gasteiger partial charge in [0.2, 0.25) is 5.95 Å². The summed E-state index contributed by atoms with van der Waals surface area (Å²) in [6.07, 6.45) is 3.01. The Morgan fingerprint density at radius 1 is 1.29 bits per heavy atom. The Morgan fingerprint density at radius 2 is 2.12 bits per heavy atom. The van der Waals surface area contributed by atoms with E-state index in [1.54, 1.807) is 0 Å². The molecular formula is C15H17ClF2N4O2. The maximum Gasteiger partial charge on any atom is 0.229 e. The molecule has 0 spiro atoms. The molecule has 3 rings (SSSR count). The molecule has 0 saturated carbocycles. The predicted octanol–water partition coefficient (Wildman–Crippen LogP) is 3.22. The molecule has 1 aliphatic rings. The Balaban J connectivity index is 0.00000208. The molecular weight excluding hydrogens is 342 g/mol. The van der Waals surface area contributed by atoms with E-state index in [4.69, 9.17) is 9.84 Å². The topological polar surface area (TPSA) is 79.3 Å². The van der Waals surface area contributed by atoms with Crippen molar-refractivity contribution in [2.45, 2.75) is 18.9 Å². The largest absolute Gasteiger partial charge is 0.505 e. The average molecular weight is 359 g/mol. The molecule has 0 aliphatic carbocycles. The van der Waals surface area contributed by atoms with Gasteiger partial charge in [-0.15, -0.1) is 12.4 Å². The molecule has 0 amide bonds. The van der Waals surface area contributed by atoms with E-state index in [1.165, 1.54) is 12.1 Å². The first-order valence-electron chi connectivity index (χ1n) is 7.25. The highest BCUT2D eigenvalue weighted by Gasteiger charge is 2.16. The van der Waals surface area contributed by atoms with Crippen LogP contribution in [0.2, 0.25) is 0 Å². The minimum absolute atomic E-state index is 0. The highest BCUT2D eigenvalue weighted by Crippen LogP contribution is 2.22. The van der Waals surface area contributed by atoms with Gasteiger partial charge in [0.25, 0.3) is 0 Å². The fourth-order valence-corrected chi connectivity index (χ4v) is 2.28. The molecule has 1 atom stereocenters. The first kappa shape index (κ1) is 18.2. The van der Waals surface area contributed by atoms with Crippen LogP contribution in [0, 0.1) is 11.6 Å². The summed E-state index contributed by atoms with van der Waals surface area (Å²) in [4.78, 5) is 7.84. The third kappa shape index (κ3) is 4.42. The van der Waals surface area contributed by atoms with E-state index in [0.29, 0.717) is 12.2 Å². The van der Waals surface area contributed by atoms with Gasteiger partial charge in [-0.1, -0.05) is 0 Å². The first-order valence-corrected chi connectivity index (χ1v) is 7.25. The number of benzene rings is 1. The van der Waals surface area contributed by atoms with Crippen LogP contribution in [0.15, 0.2) is 24.4 Å². The van der Waals surface area contributed by atoms with E-state index < -0.39 is 17.4 Å². The van der Waals surface area contributed by atoms with Crippen LogP contribution >= 0.6 is 12.4 Å². The SMILES string of the molecule is Cl.Oc1ccc(Nc2ncc(F)c(NCC3CCCO3)n2)cc1F. The molecule has 0 bridgehead atoms. The molecule has 1 fully saturated rings. The molecule has 1 unspecified atom stereocenters. The number of phenols is 1. The second-order valence-corrected chi connectivity index (χ2v) is 5.20. The van der Waals surface area contributed by atoms with Crippen molar-refractivity contribution < 1.29 is 18.6 Å². The maximum absolute atomic E-state index is 13.8. The maximum atomic E-state index is 13.8. The number of aromatic nitrogens is 2. The summed E-state index contributed by atoms with van der Waals surface area (Å²) in [5.74, 6) is -1.63. The van der Waals surface area contributed by atoms with Crippen molar-refractivity contribution in [3.8, 4) is 5.75 Å². The summed E-state index contributed by atoms with van der Waals surface area (Å²) in [6.45, 7) is 1.18. The van der Waals surface area contributed by atoms with Crippen molar-refractivity contribution in [3.05, 3.63) is 36.0 Å². The van der Waals surface area contributed by atoms with Crippen molar-refractivity contribution in [2.75, 3.05) is 23.8 Å². The Morgan fingerprint density at radius 3 is 2.83 bits per heavy atom. The molecule has 1 aromatic carbocycles. The summed E-state index contributed by atoms with van der Waals surface area (Å²) < 4.78 is 32.5. The highest BCUT2D eigenvalue weighted by atomic mass is 35.5. The van der Waals surface area contributed by atoms with Crippen LogP contribution in [0.3, 0.4) is 0 Å². The van der Waals surface area contributed by atoms with Crippen LogP contribution in [0.25, 0.3) is 0 Å². The number of nitrogens with one attached hydrogen (secondary N) is 2. The van der Waals surface area contributed by atoms with Gasteiger partial charge in [0.1, 0.15) is 0 Å². The smallest absolute Gasteiger partial charge is 0.229 e. The summed E-state index contributed by atoms with van der Waals surface area (Å²) in [7, 11) is 0. The quantitative estimate of drug-likeness (QED) is 0.712. The second kappa shape index (κ2) is 8.07. The zero-order valence-corrected chi connectivity index (χ0v) is 13.4. The van der Waals surface area contributed by atoms with Crippen LogP contribution in [0.1, 0.15) is 12.8 Å². The molecule has 1 aromatic heterocycles. The number of phenolic OH excluding ortho intramolecular Hbond substituents is 1. The lowest BCUT2D eigenvalue weighted by Gasteiger charge is -2.13. The van der Waals surface area contributed by atoms with Crippen molar-refractivity contribution in [2.24, 2.45) is 0 Å². The van der Waals surface area contributed by atoms with Crippen molar-refractivity contribution >= 4 is 29.9 Å². The van der Waals surface area contributed by atoms with Crippen LogP contribution in [0.4, 0.5) is 26.2 Å². The summed E-state index contributed by atoms with van der Waals surface area (Å²) in [5.41, 5.74) is 0.344. The van der Waals surface area contributed by atoms with Crippen molar-refractivity contribution in [3.63, 3.8) is 0 Å². The minimum atomic E-state index is -0.770. The lowest BCUT2D eigenvalue weighted by Crippen LogP contribution is -2.20. The molecule has 1 saturated heterocycles. The van der Waals surface area contributed by atoms with Gasteiger partial charge in [0.05, 0.1) is 12.3 Å². The lowest BCUT2D eigenvalue weighted by molar-refractivity contribution is 0.120. The Kier molecular flexibility index (Phi) is 6.10. The number of rotatable bonds is 5. The summed E-state index contributed by atoms with van der Waals surface area (Å²) in [6, 6.07) is 3.77. The molecule has 1 aliphatic heterocycles. The van der Waals surface area contributed by atoms with Crippen LogP contribution in [0.5, 0.6) is 5.75 Å². The molecule has 6 nitrogen and oxygen atoms in total. The van der Waals surface area contributed by atoms with Gasteiger partial charge in [-0.3, -0.25) is 0 Å². The van der Waals surface area contributed by atoms with Gasteiger partial charge in [-0.2, -0.15) is 4.98 Å². The number of nitrogens with zero attached hydrogens (tertiary/aromatic N) is 2. The van der Waals surface area contributed by atoms with E-state index in [2.05, 4.69) is 20.6 Å². The number of aromatic hydroxyl groups is 1. The van der Waals surface area contributed by atoms with Crippen LogP contribution in [-0.2, 0) is 4.74 Å². The Bertz CT molecular complexity index is 699. The van der Waals surface area contributed by atoms with Crippen LogP contribution in [-0.4, -0.2) is 34.3 Å². The normalized spacial score (nSPS) is 16.5. The van der Waals surface area contributed by atoms with E-state index in [0.717, 1.165) is 31.7 Å². The third-order valence-corrected chi connectivity index (χ3v) is 3.47. The minimum Gasteiger partial charge on any atom is -0.505 e. The summed E-state index contributed by atoms with van der Waals surface area (Å²) >= 11 is 0. The van der Waals surface area contributed by atoms with Crippen LogP contribution < -0.4 is 10.6 Å². The van der Waals surface area contributed by atoms with E-state index >= 15 is 0 Å². The van der Waals surface area contributed by atoms with Gasteiger partial charge in [-0.05, 0) is 25.0 Å².